The van der Waals surface area contributed by atoms with Crippen molar-refractivity contribution in [2.45, 2.75) is 18.9 Å². The smallest absolute Gasteiger partial charge is 0.328 e. The van der Waals surface area contributed by atoms with Gasteiger partial charge in [-0.1, -0.05) is 30.3 Å². The zero-order chi connectivity index (χ0) is 14.1. The Labute approximate surface area is 111 Å². The molecule has 19 heavy (non-hydrogen) atoms. The summed E-state index contributed by atoms with van der Waals surface area (Å²) < 4.78 is 0. The maximum atomic E-state index is 11.0. The Bertz CT molecular complexity index is 445. The minimum absolute atomic E-state index is 0.111. The summed E-state index contributed by atoms with van der Waals surface area (Å²) in [5.74, 6) is -1.06. The third-order valence-corrected chi connectivity index (χ3v) is 2.46. The van der Waals surface area contributed by atoms with Crippen LogP contribution in [-0.2, 0) is 4.79 Å². The summed E-state index contributed by atoms with van der Waals surface area (Å²) in [6, 6.07) is 8.58. The number of hydrogen-bond donors (Lipinski definition) is 4. The molecule has 0 spiro atoms. The fraction of sp³-hybridized carbons (Fsp3) is 0.308. The number of carboxylic acid groups (broad SMARTS) is 1. The van der Waals surface area contributed by atoms with Gasteiger partial charge in [0.2, 0.25) is 0 Å². The van der Waals surface area contributed by atoms with Crippen LogP contribution in [0.1, 0.15) is 18.4 Å². The summed E-state index contributed by atoms with van der Waals surface area (Å²) in [7, 11) is 0. The van der Waals surface area contributed by atoms with Gasteiger partial charge in [-0.25, -0.2) is 4.79 Å². The highest BCUT2D eigenvalue weighted by molar-refractivity contribution is 5.83. The van der Waals surface area contributed by atoms with Crippen LogP contribution in [0.4, 0.5) is 0 Å². The zero-order valence-electron chi connectivity index (χ0n) is 10.5. The molecule has 102 valence electrons. The number of benzene rings is 1. The molecular weight excluding hydrogens is 244 g/mol. The SMILES string of the molecule is N=C(N)NCCC[C@H](N=Cc1ccccc1)C(=O)O. The minimum Gasteiger partial charge on any atom is -0.480 e. The number of nitrogens with one attached hydrogen (secondary N) is 2. The number of aliphatic carboxylic acids is 1. The average molecular weight is 262 g/mol. The van der Waals surface area contributed by atoms with Gasteiger partial charge >= 0.3 is 5.97 Å². The summed E-state index contributed by atoms with van der Waals surface area (Å²) in [5, 5.41) is 18.7. The lowest BCUT2D eigenvalue weighted by atomic mass is 10.1. The molecule has 0 aromatic heterocycles. The molecule has 0 heterocycles. The van der Waals surface area contributed by atoms with Crippen LogP contribution < -0.4 is 11.1 Å². The number of guanidine groups is 1. The summed E-state index contributed by atoms with van der Waals surface area (Å²) in [6.07, 6.45) is 2.55. The van der Waals surface area contributed by atoms with Crippen molar-refractivity contribution in [3.8, 4) is 0 Å². The molecule has 6 nitrogen and oxygen atoms in total. The van der Waals surface area contributed by atoms with E-state index in [1.54, 1.807) is 6.21 Å². The Kier molecular flexibility index (Phi) is 6.08. The van der Waals surface area contributed by atoms with E-state index >= 15 is 0 Å². The van der Waals surface area contributed by atoms with E-state index in [-0.39, 0.29) is 5.96 Å². The quantitative estimate of drug-likeness (QED) is 0.331. The third-order valence-electron chi connectivity index (χ3n) is 2.46. The van der Waals surface area contributed by atoms with Crippen LogP contribution in [0.3, 0.4) is 0 Å². The number of nitrogens with two attached hydrogens (primary N) is 1. The van der Waals surface area contributed by atoms with Gasteiger partial charge in [0.1, 0.15) is 6.04 Å². The van der Waals surface area contributed by atoms with Crippen molar-refractivity contribution < 1.29 is 9.90 Å². The van der Waals surface area contributed by atoms with Crippen molar-refractivity contribution in [3.05, 3.63) is 35.9 Å². The average Bonchev–Trinajstić information content (AvgIpc) is 2.38. The molecule has 0 aliphatic rings. The molecule has 5 N–H and O–H groups in total. The summed E-state index contributed by atoms with van der Waals surface area (Å²) >= 11 is 0. The van der Waals surface area contributed by atoms with Crippen molar-refractivity contribution in [2.75, 3.05) is 6.54 Å². The first kappa shape index (κ1) is 14.7. The highest BCUT2D eigenvalue weighted by Crippen LogP contribution is 2.03. The molecular formula is C13H18N4O2. The zero-order valence-corrected chi connectivity index (χ0v) is 10.5. The van der Waals surface area contributed by atoms with Crippen LogP contribution in [0.2, 0.25) is 0 Å². The summed E-state index contributed by atoms with van der Waals surface area (Å²) in [4.78, 5) is 15.1. The molecule has 0 saturated heterocycles. The van der Waals surface area contributed by atoms with E-state index in [2.05, 4.69) is 10.3 Å². The Morgan fingerprint density at radius 2 is 2.16 bits per heavy atom. The van der Waals surface area contributed by atoms with Crippen LogP contribution in [-0.4, -0.2) is 35.8 Å². The molecule has 0 saturated carbocycles. The fourth-order valence-electron chi connectivity index (χ4n) is 1.50. The van der Waals surface area contributed by atoms with Crippen molar-refractivity contribution in [2.24, 2.45) is 10.7 Å². The van der Waals surface area contributed by atoms with E-state index in [9.17, 15) is 4.79 Å². The molecule has 1 atom stereocenters. The van der Waals surface area contributed by atoms with E-state index in [1.165, 1.54) is 0 Å². The van der Waals surface area contributed by atoms with Gasteiger partial charge in [-0.05, 0) is 18.4 Å². The first-order valence-corrected chi connectivity index (χ1v) is 5.98. The van der Waals surface area contributed by atoms with E-state index in [1.807, 2.05) is 30.3 Å². The lowest BCUT2D eigenvalue weighted by Gasteiger charge is -2.08. The molecule has 0 aliphatic carbocycles. The fourth-order valence-corrected chi connectivity index (χ4v) is 1.50. The van der Waals surface area contributed by atoms with Gasteiger partial charge in [-0.3, -0.25) is 10.4 Å². The van der Waals surface area contributed by atoms with Gasteiger partial charge in [0.25, 0.3) is 0 Å². The predicted molar refractivity (Wildman–Crippen MR) is 74.6 cm³/mol. The molecule has 0 fully saturated rings. The lowest BCUT2D eigenvalue weighted by molar-refractivity contribution is -0.138. The first-order valence-electron chi connectivity index (χ1n) is 5.98. The van der Waals surface area contributed by atoms with E-state index < -0.39 is 12.0 Å². The highest BCUT2D eigenvalue weighted by Gasteiger charge is 2.14. The number of nitrogens with zero attached hydrogens (tertiary/aromatic N) is 1. The summed E-state index contributed by atoms with van der Waals surface area (Å²) in [5.41, 5.74) is 6.00. The Balaban J connectivity index is 2.47. The minimum atomic E-state index is -0.949. The monoisotopic (exact) mass is 262 g/mol. The Hall–Kier alpha value is -2.37. The maximum Gasteiger partial charge on any atom is 0.328 e. The van der Waals surface area contributed by atoms with Gasteiger partial charge in [-0.2, -0.15) is 0 Å². The van der Waals surface area contributed by atoms with Crippen LogP contribution in [0.25, 0.3) is 0 Å². The number of aliphatic imine (C=N–C) groups is 1. The van der Waals surface area contributed by atoms with Crippen molar-refractivity contribution in [1.29, 1.82) is 5.41 Å². The topological polar surface area (TPSA) is 112 Å². The van der Waals surface area contributed by atoms with Crippen LogP contribution >= 0.6 is 0 Å². The second-order valence-corrected chi connectivity index (χ2v) is 4.03. The maximum absolute atomic E-state index is 11.0. The third kappa shape index (κ3) is 6.21. The molecule has 1 aromatic carbocycles. The van der Waals surface area contributed by atoms with Gasteiger partial charge in [0, 0.05) is 12.8 Å². The molecule has 1 rings (SSSR count). The summed E-state index contributed by atoms with van der Waals surface area (Å²) in [6.45, 7) is 0.472. The molecule has 1 aromatic rings. The second-order valence-electron chi connectivity index (χ2n) is 4.03. The molecule has 6 heteroatoms. The highest BCUT2D eigenvalue weighted by atomic mass is 16.4. The predicted octanol–water partition coefficient (Wildman–Crippen LogP) is 0.822. The largest absolute Gasteiger partial charge is 0.480 e. The van der Waals surface area contributed by atoms with Gasteiger partial charge in [-0.15, -0.1) is 0 Å². The Morgan fingerprint density at radius 3 is 2.74 bits per heavy atom. The number of rotatable bonds is 7. The molecule has 0 amide bonds. The Morgan fingerprint density at radius 1 is 1.47 bits per heavy atom. The van der Waals surface area contributed by atoms with E-state index in [0.717, 1.165) is 5.56 Å². The number of carbonyl (C=O) groups is 1. The van der Waals surface area contributed by atoms with Gasteiger partial charge < -0.3 is 16.2 Å². The van der Waals surface area contributed by atoms with E-state index in [4.69, 9.17) is 16.2 Å². The molecule has 0 aliphatic heterocycles. The molecule has 0 unspecified atom stereocenters. The standard InChI is InChI=1S/C13H18N4O2/c14-13(15)16-8-4-7-11(12(18)19)17-9-10-5-2-1-3-6-10/h1-3,5-6,9,11H,4,7-8H2,(H,18,19)(H4,14,15,16)/t11-/m0/s1. The van der Waals surface area contributed by atoms with Crippen LogP contribution in [0.5, 0.6) is 0 Å². The number of hydrogen-bond acceptors (Lipinski definition) is 3. The van der Waals surface area contributed by atoms with Gasteiger partial charge in [0.05, 0.1) is 0 Å². The lowest BCUT2D eigenvalue weighted by Crippen LogP contribution is -2.31. The van der Waals surface area contributed by atoms with Crippen molar-refractivity contribution >= 4 is 18.1 Å². The van der Waals surface area contributed by atoms with Crippen LogP contribution in [0, 0.1) is 5.41 Å². The van der Waals surface area contributed by atoms with Crippen molar-refractivity contribution in [1.82, 2.24) is 5.32 Å². The van der Waals surface area contributed by atoms with E-state index in [0.29, 0.717) is 19.4 Å². The molecule has 0 bridgehead atoms. The number of carboxylic acids is 1. The first-order chi connectivity index (χ1) is 9.09. The van der Waals surface area contributed by atoms with Crippen LogP contribution in [0.15, 0.2) is 35.3 Å². The van der Waals surface area contributed by atoms with Crippen molar-refractivity contribution in [3.63, 3.8) is 0 Å². The normalized spacial score (nSPS) is 12.2. The second kappa shape index (κ2) is 7.86. The molecule has 0 radical (unpaired) electrons. The van der Waals surface area contributed by atoms with Gasteiger partial charge in [0.15, 0.2) is 5.96 Å².